The van der Waals surface area contributed by atoms with Crippen LogP contribution in [0.2, 0.25) is 0 Å². The Hall–Kier alpha value is -1.88. The molecule has 0 aliphatic carbocycles. The van der Waals surface area contributed by atoms with Crippen LogP contribution in [0.5, 0.6) is 5.75 Å². The van der Waals surface area contributed by atoms with Crippen LogP contribution >= 0.6 is 0 Å². The van der Waals surface area contributed by atoms with E-state index in [0.29, 0.717) is 17.3 Å². The van der Waals surface area contributed by atoms with Crippen molar-refractivity contribution in [3.63, 3.8) is 0 Å². The van der Waals surface area contributed by atoms with E-state index in [1.807, 2.05) is 19.1 Å². The van der Waals surface area contributed by atoms with E-state index in [0.717, 1.165) is 12.0 Å². The Morgan fingerprint density at radius 2 is 2.25 bits per heavy atom. The van der Waals surface area contributed by atoms with Crippen LogP contribution in [0.25, 0.3) is 11.4 Å². The van der Waals surface area contributed by atoms with Gasteiger partial charge >= 0.3 is 0 Å². The predicted octanol–water partition coefficient (Wildman–Crippen LogP) is 1.46. The van der Waals surface area contributed by atoms with Crippen LogP contribution in [0.3, 0.4) is 0 Å². The van der Waals surface area contributed by atoms with Gasteiger partial charge in [-0.15, -0.1) is 0 Å². The minimum atomic E-state index is 0.196. The lowest BCUT2D eigenvalue weighted by Gasteiger charge is -2.04. The summed E-state index contributed by atoms with van der Waals surface area (Å²) in [7, 11) is 0. The fourth-order valence-electron chi connectivity index (χ4n) is 1.50. The highest BCUT2D eigenvalue weighted by atomic mass is 16.5. The summed E-state index contributed by atoms with van der Waals surface area (Å²) in [5, 5.41) is 13.7. The molecular weight excluding hydrogens is 206 g/mol. The van der Waals surface area contributed by atoms with Gasteiger partial charge in [-0.2, -0.15) is 4.98 Å². The molecule has 0 fully saturated rings. The quantitative estimate of drug-likeness (QED) is 0.816. The summed E-state index contributed by atoms with van der Waals surface area (Å²) in [6.07, 6.45) is 0.751. The number of rotatable bonds is 3. The summed E-state index contributed by atoms with van der Waals surface area (Å²) in [6, 6.07) is 5.47. The molecule has 5 nitrogen and oxygen atoms in total. The van der Waals surface area contributed by atoms with Gasteiger partial charge in [0.15, 0.2) is 0 Å². The first-order valence-electron chi connectivity index (χ1n) is 5.10. The van der Waals surface area contributed by atoms with Crippen molar-refractivity contribution in [3.05, 3.63) is 29.7 Å². The van der Waals surface area contributed by atoms with Crippen molar-refractivity contribution in [1.82, 2.24) is 10.1 Å². The van der Waals surface area contributed by atoms with Crippen molar-refractivity contribution in [3.8, 4) is 17.1 Å². The molecule has 2 rings (SSSR count). The summed E-state index contributed by atoms with van der Waals surface area (Å²) in [4.78, 5) is 4.07. The Labute approximate surface area is 92.9 Å². The highest BCUT2D eigenvalue weighted by Gasteiger charge is 2.13. The smallest absolute Gasteiger partial charge is 0.240 e. The van der Waals surface area contributed by atoms with E-state index in [1.165, 1.54) is 0 Å². The standard InChI is InChI=1S/C11H13N3O2/c1-2-7-4-3-5-8(10(7)15)11-13-9(6-12)16-14-11/h3-5,15H,2,6,12H2,1H3. The third-order valence-corrected chi connectivity index (χ3v) is 2.38. The molecule has 0 aliphatic rings. The van der Waals surface area contributed by atoms with Crippen molar-refractivity contribution in [2.45, 2.75) is 19.9 Å². The summed E-state index contributed by atoms with van der Waals surface area (Å²) in [6.45, 7) is 2.17. The van der Waals surface area contributed by atoms with Gasteiger partial charge in [0.1, 0.15) is 5.75 Å². The summed E-state index contributed by atoms with van der Waals surface area (Å²) in [5.41, 5.74) is 6.81. The molecule has 5 heteroatoms. The highest BCUT2D eigenvalue weighted by molar-refractivity contribution is 5.65. The van der Waals surface area contributed by atoms with E-state index in [1.54, 1.807) is 6.07 Å². The number of para-hydroxylation sites is 1. The fraction of sp³-hybridized carbons (Fsp3) is 0.273. The second kappa shape index (κ2) is 4.32. The van der Waals surface area contributed by atoms with Crippen LogP contribution in [0.15, 0.2) is 22.7 Å². The lowest BCUT2D eigenvalue weighted by molar-refractivity contribution is 0.380. The molecule has 2 aromatic rings. The molecule has 84 valence electrons. The molecule has 0 saturated carbocycles. The van der Waals surface area contributed by atoms with Crippen LogP contribution in [-0.2, 0) is 13.0 Å². The van der Waals surface area contributed by atoms with Gasteiger partial charge in [-0.1, -0.05) is 24.2 Å². The van der Waals surface area contributed by atoms with Gasteiger partial charge in [0.05, 0.1) is 12.1 Å². The highest BCUT2D eigenvalue weighted by Crippen LogP contribution is 2.30. The molecule has 1 aromatic carbocycles. The van der Waals surface area contributed by atoms with Crippen LogP contribution in [0.4, 0.5) is 0 Å². The van der Waals surface area contributed by atoms with Gasteiger partial charge in [0, 0.05) is 0 Å². The number of aromatic nitrogens is 2. The van der Waals surface area contributed by atoms with Crippen molar-refractivity contribution < 1.29 is 9.63 Å². The maximum Gasteiger partial charge on any atom is 0.240 e. The van der Waals surface area contributed by atoms with Crippen LogP contribution in [-0.4, -0.2) is 15.2 Å². The Balaban J connectivity index is 2.47. The van der Waals surface area contributed by atoms with Gasteiger partial charge < -0.3 is 15.4 Å². The molecule has 16 heavy (non-hydrogen) atoms. The van der Waals surface area contributed by atoms with E-state index in [2.05, 4.69) is 10.1 Å². The normalized spacial score (nSPS) is 10.6. The largest absolute Gasteiger partial charge is 0.507 e. The summed E-state index contributed by atoms with van der Waals surface area (Å²) >= 11 is 0. The molecule has 0 atom stereocenters. The molecular formula is C11H13N3O2. The van der Waals surface area contributed by atoms with Crippen molar-refractivity contribution in [2.75, 3.05) is 0 Å². The van der Waals surface area contributed by atoms with Crippen molar-refractivity contribution in [1.29, 1.82) is 0 Å². The third kappa shape index (κ3) is 1.77. The van der Waals surface area contributed by atoms with E-state index in [-0.39, 0.29) is 12.3 Å². The number of nitrogens with two attached hydrogens (primary N) is 1. The van der Waals surface area contributed by atoms with Gasteiger partial charge in [-0.25, -0.2) is 0 Å². The molecule has 1 heterocycles. The molecule has 0 aliphatic heterocycles. The number of hydrogen-bond acceptors (Lipinski definition) is 5. The number of aromatic hydroxyl groups is 1. The first-order valence-corrected chi connectivity index (χ1v) is 5.10. The van der Waals surface area contributed by atoms with Crippen LogP contribution in [0.1, 0.15) is 18.4 Å². The fourth-order valence-corrected chi connectivity index (χ4v) is 1.50. The maximum absolute atomic E-state index is 9.97. The summed E-state index contributed by atoms with van der Waals surface area (Å²) < 4.78 is 4.90. The second-order valence-corrected chi connectivity index (χ2v) is 3.38. The van der Waals surface area contributed by atoms with Crippen LogP contribution < -0.4 is 5.73 Å². The zero-order chi connectivity index (χ0) is 11.5. The first-order chi connectivity index (χ1) is 7.76. The first kappa shape index (κ1) is 10.6. The van der Waals surface area contributed by atoms with Gasteiger partial charge in [0.25, 0.3) is 0 Å². The van der Waals surface area contributed by atoms with Crippen molar-refractivity contribution >= 4 is 0 Å². The molecule has 0 spiro atoms. The zero-order valence-electron chi connectivity index (χ0n) is 8.97. The lowest BCUT2D eigenvalue weighted by Crippen LogP contribution is -1.95. The van der Waals surface area contributed by atoms with Gasteiger partial charge in [-0.3, -0.25) is 0 Å². The van der Waals surface area contributed by atoms with Gasteiger partial charge in [-0.05, 0) is 18.1 Å². The van der Waals surface area contributed by atoms with E-state index in [4.69, 9.17) is 10.3 Å². The SMILES string of the molecule is CCc1cccc(-c2noc(CN)n2)c1O. The number of phenolic OH excluding ortho intramolecular Hbond substituents is 1. The Bertz CT molecular complexity index is 494. The lowest BCUT2D eigenvalue weighted by atomic mass is 10.1. The molecule has 0 unspecified atom stereocenters. The monoisotopic (exact) mass is 219 g/mol. The molecule has 1 aromatic heterocycles. The molecule has 0 amide bonds. The minimum absolute atomic E-state index is 0.196. The average molecular weight is 219 g/mol. The molecule has 0 bridgehead atoms. The maximum atomic E-state index is 9.97. The third-order valence-electron chi connectivity index (χ3n) is 2.38. The Morgan fingerprint density at radius 3 is 2.88 bits per heavy atom. The topological polar surface area (TPSA) is 85.2 Å². The molecule has 3 N–H and O–H groups in total. The minimum Gasteiger partial charge on any atom is -0.507 e. The molecule has 0 radical (unpaired) electrons. The van der Waals surface area contributed by atoms with E-state index in [9.17, 15) is 5.11 Å². The van der Waals surface area contributed by atoms with Crippen molar-refractivity contribution in [2.24, 2.45) is 5.73 Å². The van der Waals surface area contributed by atoms with E-state index >= 15 is 0 Å². The Morgan fingerprint density at radius 1 is 1.44 bits per heavy atom. The number of phenols is 1. The number of benzene rings is 1. The predicted molar refractivity (Wildman–Crippen MR) is 58.7 cm³/mol. The average Bonchev–Trinajstić information content (AvgIpc) is 2.78. The number of hydrogen-bond donors (Lipinski definition) is 2. The zero-order valence-corrected chi connectivity index (χ0v) is 8.97. The summed E-state index contributed by atoms with van der Waals surface area (Å²) in [5.74, 6) is 0.930. The second-order valence-electron chi connectivity index (χ2n) is 3.38. The van der Waals surface area contributed by atoms with Gasteiger partial charge in [0.2, 0.25) is 11.7 Å². The van der Waals surface area contributed by atoms with E-state index < -0.39 is 0 Å². The Kier molecular flexibility index (Phi) is 2.87. The van der Waals surface area contributed by atoms with Crippen LogP contribution in [0, 0.1) is 0 Å². The molecule has 0 saturated heterocycles. The number of nitrogens with zero attached hydrogens (tertiary/aromatic N) is 2. The number of aryl methyl sites for hydroxylation is 1.